The summed E-state index contributed by atoms with van der Waals surface area (Å²) in [6, 6.07) is 1.93. The Morgan fingerprint density at radius 3 is 2.70 bits per heavy atom. The summed E-state index contributed by atoms with van der Waals surface area (Å²) in [6.45, 7) is 2.26. The van der Waals surface area contributed by atoms with Gasteiger partial charge in [-0.25, -0.2) is 4.98 Å². The zero-order valence-corrected chi connectivity index (χ0v) is 12.9. The van der Waals surface area contributed by atoms with Gasteiger partial charge >= 0.3 is 0 Å². The Balaban J connectivity index is 2.07. The number of nitrogens with two attached hydrogens (primary N) is 2. The minimum absolute atomic E-state index is 0.0452. The first-order valence-corrected chi connectivity index (χ1v) is 7.90. The van der Waals surface area contributed by atoms with Gasteiger partial charge in [0.1, 0.15) is 5.82 Å². The summed E-state index contributed by atoms with van der Waals surface area (Å²) in [5, 5.41) is 0.606. The molecule has 1 aliphatic rings. The minimum Gasteiger partial charge on any atom is -0.383 e. The summed E-state index contributed by atoms with van der Waals surface area (Å²) in [4.78, 5) is 4.14. The maximum absolute atomic E-state index is 6.03. The molecule has 5 heteroatoms. The molecule has 5 N–H and O–H groups in total. The number of pyridine rings is 1. The fourth-order valence-electron chi connectivity index (χ4n) is 3.41. The number of nitrogen functional groups attached to an aromatic ring is 1. The van der Waals surface area contributed by atoms with Crippen molar-refractivity contribution in [3.63, 3.8) is 0 Å². The van der Waals surface area contributed by atoms with E-state index >= 15 is 0 Å². The summed E-state index contributed by atoms with van der Waals surface area (Å²) in [7, 11) is 0. The van der Waals surface area contributed by atoms with Gasteiger partial charge in [0.05, 0.1) is 11.1 Å². The van der Waals surface area contributed by atoms with E-state index in [4.69, 9.17) is 23.2 Å². The molecule has 4 nitrogen and oxygen atoms in total. The van der Waals surface area contributed by atoms with Gasteiger partial charge in [-0.2, -0.15) is 0 Å². The molecule has 0 bridgehead atoms. The van der Waals surface area contributed by atoms with Crippen LogP contribution in [0, 0.1) is 11.8 Å². The quantitative estimate of drug-likeness (QED) is 0.575. The Morgan fingerprint density at radius 1 is 1.40 bits per heavy atom. The molecule has 20 heavy (non-hydrogen) atoms. The molecule has 1 aromatic heterocycles. The van der Waals surface area contributed by atoms with Gasteiger partial charge in [0.25, 0.3) is 0 Å². The van der Waals surface area contributed by atoms with Crippen LogP contribution in [0.5, 0.6) is 0 Å². The second-order valence-corrected chi connectivity index (χ2v) is 6.28. The van der Waals surface area contributed by atoms with Crippen LogP contribution in [-0.2, 0) is 0 Å². The van der Waals surface area contributed by atoms with E-state index in [0.29, 0.717) is 16.8 Å². The number of hydrogen-bond donors (Lipinski definition) is 3. The molecule has 0 aromatic carbocycles. The second-order valence-electron chi connectivity index (χ2n) is 5.84. The summed E-state index contributed by atoms with van der Waals surface area (Å²) >= 11 is 6.03. The maximum atomic E-state index is 6.03. The zero-order chi connectivity index (χ0) is 14.5. The lowest BCUT2D eigenvalue weighted by molar-refractivity contribution is 0.215. The molecule has 2 rings (SSSR count). The molecule has 1 aromatic rings. The smallest absolute Gasteiger partial charge is 0.128 e. The van der Waals surface area contributed by atoms with Crippen LogP contribution >= 0.6 is 11.6 Å². The molecular formula is C15H25ClN4. The van der Waals surface area contributed by atoms with Crippen LogP contribution in [0.15, 0.2) is 12.3 Å². The summed E-state index contributed by atoms with van der Waals surface area (Å²) in [5.74, 6) is 7.68. The van der Waals surface area contributed by atoms with Gasteiger partial charge in [-0.15, -0.1) is 0 Å². The molecule has 112 valence electrons. The molecule has 1 fully saturated rings. The van der Waals surface area contributed by atoms with Crippen molar-refractivity contribution in [3.05, 3.63) is 22.8 Å². The highest BCUT2D eigenvalue weighted by molar-refractivity contribution is 6.30. The fourth-order valence-corrected chi connectivity index (χ4v) is 3.58. The fraction of sp³-hybridized carbons (Fsp3) is 0.667. The van der Waals surface area contributed by atoms with Crippen LogP contribution in [0.3, 0.4) is 0 Å². The predicted octanol–water partition coefficient (Wildman–Crippen LogP) is 3.43. The van der Waals surface area contributed by atoms with Crippen LogP contribution in [0.1, 0.15) is 57.1 Å². The first-order valence-electron chi connectivity index (χ1n) is 7.52. The minimum atomic E-state index is 0.0452. The predicted molar refractivity (Wildman–Crippen MR) is 84.1 cm³/mol. The number of rotatable bonds is 5. The maximum Gasteiger partial charge on any atom is 0.128 e. The largest absolute Gasteiger partial charge is 0.383 e. The summed E-state index contributed by atoms with van der Waals surface area (Å²) < 4.78 is 0. The highest BCUT2D eigenvalue weighted by Gasteiger charge is 2.29. The highest BCUT2D eigenvalue weighted by atomic mass is 35.5. The SMILES string of the molecule is CCCC1CCC(C(NN)c2cc(Cl)cnc2N)CC1. The van der Waals surface area contributed by atoms with E-state index in [9.17, 15) is 0 Å². The first-order chi connectivity index (χ1) is 9.65. The number of nitrogens with zero attached hydrogens (tertiary/aromatic N) is 1. The van der Waals surface area contributed by atoms with Gasteiger partial charge in [0, 0.05) is 11.8 Å². The van der Waals surface area contributed by atoms with Crippen molar-refractivity contribution in [3.8, 4) is 0 Å². The van der Waals surface area contributed by atoms with Crippen molar-refractivity contribution >= 4 is 17.4 Å². The molecule has 0 amide bonds. The zero-order valence-electron chi connectivity index (χ0n) is 12.1. The van der Waals surface area contributed by atoms with E-state index in [0.717, 1.165) is 11.5 Å². The normalized spacial score (nSPS) is 24.6. The second kappa shape index (κ2) is 7.25. The third-order valence-electron chi connectivity index (χ3n) is 4.49. The molecule has 0 aliphatic heterocycles. The molecule has 1 heterocycles. The topological polar surface area (TPSA) is 77.0 Å². The molecular weight excluding hydrogens is 272 g/mol. The third kappa shape index (κ3) is 3.62. The average molecular weight is 297 g/mol. The van der Waals surface area contributed by atoms with E-state index in [-0.39, 0.29) is 6.04 Å². The highest BCUT2D eigenvalue weighted by Crippen LogP contribution is 2.39. The van der Waals surface area contributed by atoms with Gasteiger partial charge in [0.2, 0.25) is 0 Å². The number of hydrogen-bond acceptors (Lipinski definition) is 4. The van der Waals surface area contributed by atoms with Crippen molar-refractivity contribution in [2.24, 2.45) is 17.7 Å². The van der Waals surface area contributed by atoms with Crippen LogP contribution in [0.25, 0.3) is 0 Å². The van der Waals surface area contributed by atoms with Crippen LogP contribution in [-0.4, -0.2) is 4.98 Å². The Morgan fingerprint density at radius 2 is 2.10 bits per heavy atom. The van der Waals surface area contributed by atoms with Crippen LogP contribution in [0.4, 0.5) is 5.82 Å². The van der Waals surface area contributed by atoms with Crippen molar-refractivity contribution in [1.29, 1.82) is 0 Å². The van der Waals surface area contributed by atoms with E-state index in [1.807, 2.05) is 6.07 Å². The first kappa shape index (κ1) is 15.5. The average Bonchev–Trinajstić information content (AvgIpc) is 2.45. The number of aromatic nitrogens is 1. The van der Waals surface area contributed by atoms with E-state index < -0.39 is 0 Å². The molecule has 1 saturated carbocycles. The monoisotopic (exact) mass is 296 g/mol. The van der Waals surface area contributed by atoms with Crippen molar-refractivity contribution in [2.45, 2.75) is 51.5 Å². The molecule has 0 spiro atoms. The molecule has 1 atom stereocenters. The van der Waals surface area contributed by atoms with Gasteiger partial charge < -0.3 is 5.73 Å². The number of nitrogens with one attached hydrogen (secondary N) is 1. The Bertz CT molecular complexity index is 430. The Labute approximate surface area is 126 Å². The standard InChI is InChI=1S/C15H25ClN4/c1-2-3-10-4-6-11(7-5-10)14(20-18)13-8-12(16)9-19-15(13)17/h8-11,14,20H,2-7,18H2,1H3,(H2,17,19). The Kier molecular flexibility index (Phi) is 5.64. The van der Waals surface area contributed by atoms with Crippen LogP contribution < -0.4 is 17.0 Å². The lowest BCUT2D eigenvalue weighted by Crippen LogP contribution is -2.36. The Hall–Kier alpha value is -0.840. The summed E-state index contributed by atoms with van der Waals surface area (Å²) in [5.41, 5.74) is 9.84. The van der Waals surface area contributed by atoms with Gasteiger partial charge in [-0.05, 0) is 30.7 Å². The van der Waals surface area contributed by atoms with Gasteiger partial charge in [-0.3, -0.25) is 11.3 Å². The lowest BCUT2D eigenvalue weighted by Gasteiger charge is -2.34. The van der Waals surface area contributed by atoms with Gasteiger partial charge in [-0.1, -0.05) is 44.2 Å². The molecule has 1 unspecified atom stereocenters. The van der Waals surface area contributed by atoms with Crippen molar-refractivity contribution < 1.29 is 0 Å². The molecule has 0 saturated heterocycles. The van der Waals surface area contributed by atoms with E-state index in [1.54, 1.807) is 6.20 Å². The number of hydrazine groups is 1. The molecule has 0 radical (unpaired) electrons. The van der Waals surface area contributed by atoms with E-state index in [1.165, 1.54) is 38.5 Å². The van der Waals surface area contributed by atoms with Crippen molar-refractivity contribution in [1.82, 2.24) is 10.4 Å². The molecule has 1 aliphatic carbocycles. The lowest BCUT2D eigenvalue weighted by atomic mass is 9.75. The number of anilines is 1. The van der Waals surface area contributed by atoms with Crippen molar-refractivity contribution in [2.75, 3.05) is 5.73 Å². The summed E-state index contributed by atoms with van der Waals surface area (Å²) in [6.07, 6.45) is 9.13. The third-order valence-corrected chi connectivity index (χ3v) is 4.70. The van der Waals surface area contributed by atoms with Crippen LogP contribution in [0.2, 0.25) is 5.02 Å². The van der Waals surface area contributed by atoms with E-state index in [2.05, 4.69) is 17.3 Å². The number of halogens is 1. The van der Waals surface area contributed by atoms with Gasteiger partial charge in [0.15, 0.2) is 0 Å².